The van der Waals surface area contributed by atoms with Crippen molar-refractivity contribution in [2.24, 2.45) is 5.73 Å². The van der Waals surface area contributed by atoms with Gasteiger partial charge in [0.05, 0.1) is 11.7 Å². The molecule has 0 bridgehead atoms. The minimum atomic E-state index is -0.682. The van der Waals surface area contributed by atoms with Gasteiger partial charge in [-0.25, -0.2) is 0 Å². The van der Waals surface area contributed by atoms with E-state index in [9.17, 15) is 4.79 Å². The van der Waals surface area contributed by atoms with Crippen LogP contribution in [0, 0.1) is 0 Å². The predicted octanol–water partition coefficient (Wildman–Crippen LogP) is 2.66. The smallest absolute Gasteiger partial charge is 0.457 e. The monoisotopic (exact) mass is 388 g/mol. The molecule has 0 amide bonds. The molecule has 3 rings (SSSR count). The van der Waals surface area contributed by atoms with Gasteiger partial charge in [-0.1, -0.05) is 43.2 Å². The van der Waals surface area contributed by atoms with Gasteiger partial charge < -0.3 is 25.1 Å². The molecule has 3 N–H and O–H groups in total. The lowest BCUT2D eigenvalue weighted by Crippen LogP contribution is -2.48. The molecule has 1 aromatic carbocycles. The first-order chi connectivity index (χ1) is 13.3. The van der Waals surface area contributed by atoms with Crippen LogP contribution < -0.4 is 11.1 Å². The minimum Gasteiger partial charge on any atom is -0.459 e. The standard InChI is InChI=1S/C21H33BN2O4/c1-16-20(2,3)28-22(27-16)12-8-7-11-21(13-18(23)14-24-21)19(25)26-15-17-9-5-4-6-10-17/h4-6,9-10,16,18,24H,7-8,11-15,23H2,1-3H3/t16?,18-,21+/m1/s1. The second-order valence-corrected chi connectivity index (χ2v) is 8.66. The van der Waals surface area contributed by atoms with Gasteiger partial charge in [0.1, 0.15) is 12.1 Å². The molecule has 1 unspecified atom stereocenters. The van der Waals surface area contributed by atoms with Crippen LogP contribution in [0.3, 0.4) is 0 Å². The third kappa shape index (κ3) is 5.14. The number of esters is 1. The fourth-order valence-electron chi connectivity index (χ4n) is 3.95. The zero-order valence-corrected chi connectivity index (χ0v) is 17.3. The number of hydrogen-bond donors (Lipinski definition) is 2. The number of carbonyl (C=O) groups is 1. The summed E-state index contributed by atoms with van der Waals surface area (Å²) < 4.78 is 17.5. The molecular weight excluding hydrogens is 355 g/mol. The van der Waals surface area contributed by atoms with Gasteiger partial charge in [-0.2, -0.15) is 0 Å². The first kappa shape index (κ1) is 21.3. The molecule has 3 atom stereocenters. The van der Waals surface area contributed by atoms with Crippen molar-refractivity contribution in [1.82, 2.24) is 5.32 Å². The van der Waals surface area contributed by atoms with E-state index >= 15 is 0 Å². The van der Waals surface area contributed by atoms with Crippen molar-refractivity contribution < 1.29 is 18.8 Å². The highest BCUT2D eigenvalue weighted by atomic mass is 16.7. The zero-order valence-electron chi connectivity index (χ0n) is 17.3. The third-order valence-corrected chi connectivity index (χ3v) is 5.98. The molecule has 0 aliphatic carbocycles. The average molecular weight is 388 g/mol. The molecule has 2 aliphatic heterocycles. The van der Waals surface area contributed by atoms with Gasteiger partial charge in [0, 0.05) is 12.6 Å². The van der Waals surface area contributed by atoms with Gasteiger partial charge in [0.25, 0.3) is 0 Å². The van der Waals surface area contributed by atoms with Crippen molar-refractivity contribution >= 4 is 13.1 Å². The maximum atomic E-state index is 12.9. The number of rotatable bonds is 8. The maximum absolute atomic E-state index is 12.9. The molecule has 2 fully saturated rings. The van der Waals surface area contributed by atoms with Gasteiger partial charge in [0.15, 0.2) is 0 Å². The number of unbranched alkanes of at least 4 members (excludes halogenated alkanes) is 1. The van der Waals surface area contributed by atoms with Gasteiger partial charge in [-0.15, -0.1) is 0 Å². The van der Waals surface area contributed by atoms with Crippen molar-refractivity contribution in [3.63, 3.8) is 0 Å². The van der Waals surface area contributed by atoms with E-state index in [-0.39, 0.29) is 37.4 Å². The van der Waals surface area contributed by atoms with E-state index in [1.54, 1.807) is 0 Å². The molecule has 2 heterocycles. The van der Waals surface area contributed by atoms with Crippen molar-refractivity contribution in [1.29, 1.82) is 0 Å². The Balaban J connectivity index is 1.48. The number of hydrogen-bond acceptors (Lipinski definition) is 6. The Labute approximate surface area is 168 Å². The van der Waals surface area contributed by atoms with Crippen LogP contribution >= 0.6 is 0 Å². The van der Waals surface area contributed by atoms with Gasteiger partial charge in [-0.3, -0.25) is 4.79 Å². The second kappa shape index (κ2) is 8.95. The number of ether oxygens (including phenoxy) is 1. The molecule has 1 aromatic rings. The molecular formula is C21H33BN2O4. The van der Waals surface area contributed by atoms with Gasteiger partial charge in [0.2, 0.25) is 0 Å². The SMILES string of the molecule is CC1OB(CCCC[C@@]2(C(=O)OCc3ccccc3)C[C@@H](N)CN2)OC1(C)C. The van der Waals surface area contributed by atoms with Gasteiger partial charge in [-0.05, 0) is 45.5 Å². The quantitative estimate of drug-likeness (QED) is 0.405. The average Bonchev–Trinajstić information content (AvgIpc) is 3.17. The van der Waals surface area contributed by atoms with Crippen LogP contribution in [-0.4, -0.2) is 42.9 Å². The molecule has 2 aliphatic rings. The Hall–Kier alpha value is -1.41. The van der Waals surface area contributed by atoms with Crippen molar-refractivity contribution in [3.05, 3.63) is 35.9 Å². The first-order valence-corrected chi connectivity index (χ1v) is 10.4. The first-order valence-electron chi connectivity index (χ1n) is 10.4. The van der Waals surface area contributed by atoms with Crippen LogP contribution in [-0.2, 0) is 25.4 Å². The summed E-state index contributed by atoms with van der Waals surface area (Å²) in [6.07, 6.45) is 4.05. The van der Waals surface area contributed by atoms with Crippen LogP contribution in [0.1, 0.15) is 52.0 Å². The Morgan fingerprint density at radius 1 is 1.32 bits per heavy atom. The highest BCUT2D eigenvalue weighted by Gasteiger charge is 2.45. The second-order valence-electron chi connectivity index (χ2n) is 8.66. The van der Waals surface area contributed by atoms with Gasteiger partial charge >= 0.3 is 13.1 Å². The topological polar surface area (TPSA) is 82.8 Å². The summed E-state index contributed by atoms with van der Waals surface area (Å²) in [6.45, 7) is 7.08. The summed E-state index contributed by atoms with van der Waals surface area (Å²) in [6, 6.07) is 9.72. The number of carbonyl (C=O) groups excluding carboxylic acids is 1. The molecule has 0 spiro atoms. The van der Waals surface area contributed by atoms with E-state index in [2.05, 4.69) is 19.2 Å². The fraction of sp³-hybridized carbons (Fsp3) is 0.667. The molecule has 6 nitrogen and oxygen atoms in total. The Kier molecular flexibility index (Phi) is 6.81. The summed E-state index contributed by atoms with van der Waals surface area (Å²) in [4.78, 5) is 12.9. The third-order valence-electron chi connectivity index (χ3n) is 5.98. The molecule has 7 heteroatoms. The van der Waals surface area contributed by atoms with E-state index < -0.39 is 5.54 Å². The van der Waals surface area contributed by atoms with E-state index in [0.717, 1.165) is 24.7 Å². The van der Waals surface area contributed by atoms with Crippen LogP contribution in [0.25, 0.3) is 0 Å². The van der Waals surface area contributed by atoms with Crippen LogP contribution in [0.4, 0.5) is 0 Å². The van der Waals surface area contributed by atoms with Crippen LogP contribution in [0.5, 0.6) is 0 Å². The van der Waals surface area contributed by atoms with Crippen LogP contribution in [0.2, 0.25) is 6.32 Å². The Morgan fingerprint density at radius 3 is 2.68 bits per heavy atom. The maximum Gasteiger partial charge on any atom is 0.457 e. The van der Waals surface area contributed by atoms with E-state index in [4.69, 9.17) is 19.8 Å². The summed E-state index contributed by atoms with van der Waals surface area (Å²) in [5.74, 6) is -0.201. The molecule has 2 saturated heterocycles. The Bertz CT molecular complexity index is 657. The normalized spacial score (nSPS) is 29.2. The molecule has 28 heavy (non-hydrogen) atoms. The highest BCUT2D eigenvalue weighted by molar-refractivity contribution is 6.45. The van der Waals surface area contributed by atoms with Crippen molar-refractivity contribution in [3.8, 4) is 0 Å². The lowest BCUT2D eigenvalue weighted by molar-refractivity contribution is -0.153. The van der Waals surface area contributed by atoms with E-state index in [0.29, 0.717) is 19.4 Å². The van der Waals surface area contributed by atoms with E-state index in [1.807, 2.05) is 37.3 Å². The fourth-order valence-corrected chi connectivity index (χ4v) is 3.95. The lowest BCUT2D eigenvalue weighted by atomic mass is 9.80. The predicted molar refractivity (Wildman–Crippen MR) is 110 cm³/mol. The highest BCUT2D eigenvalue weighted by Crippen LogP contribution is 2.31. The molecule has 0 saturated carbocycles. The van der Waals surface area contributed by atoms with E-state index in [1.165, 1.54) is 0 Å². The largest absolute Gasteiger partial charge is 0.459 e. The molecule has 0 aromatic heterocycles. The molecule has 0 radical (unpaired) electrons. The lowest BCUT2D eigenvalue weighted by Gasteiger charge is -2.27. The summed E-state index contributed by atoms with van der Waals surface area (Å²) in [7, 11) is -0.162. The number of benzene rings is 1. The number of nitrogens with one attached hydrogen (secondary N) is 1. The van der Waals surface area contributed by atoms with Crippen molar-refractivity contribution in [2.75, 3.05) is 6.54 Å². The van der Waals surface area contributed by atoms with Crippen molar-refractivity contribution in [2.45, 2.75) is 82.7 Å². The van der Waals surface area contributed by atoms with Crippen LogP contribution in [0.15, 0.2) is 30.3 Å². The Morgan fingerprint density at radius 2 is 2.07 bits per heavy atom. The zero-order chi connectivity index (χ0) is 20.2. The number of nitrogens with two attached hydrogens (primary N) is 1. The summed E-state index contributed by atoms with van der Waals surface area (Å²) in [5.41, 5.74) is 6.16. The minimum absolute atomic E-state index is 0.0209. The summed E-state index contributed by atoms with van der Waals surface area (Å²) in [5, 5.41) is 3.34. The summed E-state index contributed by atoms with van der Waals surface area (Å²) >= 11 is 0. The molecule has 154 valence electrons.